The smallest absolute Gasteiger partial charge is 0.417 e. The zero-order valence-corrected chi connectivity index (χ0v) is 23.9. The molecule has 5 rings (SSSR count). The Morgan fingerprint density at radius 2 is 1.71 bits per heavy atom. The van der Waals surface area contributed by atoms with Crippen LogP contribution in [-0.2, 0) is 10.9 Å². The van der Waals surface area contributed by atoms with E-state index in [1.807, 2.05) is 13.8 Å². The second kappa shape index (κ2) is 13.2. The van der Waals surface area contributed by atoms with Crippen LogP contribution in [0.25, 0.3) is 22.2 Å². The Kier molecular flexibility index (Phi) is 9.87. The molecule has 1 unspecified atom stereocenters. The quantitative estimate of drug-likeness (QED) is 0.260. The van der Waals surface area contributed by atoms with Crippen molar-refractivity contribution in [1.29, 1.82) is 0 Å². The van der Waals surface area contributed by atoms with Gasteiger partial charge in [-0.15, -0.1) is 0 Å². The summed E-state index contributed by atoms with van der Waals surface area (Å²) >= 11 is 0. The predicted molar refractivity (Wildman–Crippen MR) is 149 cm³/mol. The van der Waals surface area contributed by atoms with Crippen molar-refractivity contribution in [3.8, 4) is 23.1 Å². The van der Waals surface area contributed by atoms with Crippen LogP contribution in [0.4, 0.5) is 33.5 Å². The highest BCUT2D eigenvalue weighted by Crippen LogP contribution is 2.44. The van der Waals surface area contributed by atoms with Gasteiger partial charge in [0.25, 0.3) is 0 Å². The summed E-state index contributed by atoms with van der Waals surface area (Å²) < 4.78 is 90.8. The Hall–Kier alpha value is -3.52. The summed E-state index contributed by atoms with van der Waals surface area (Å²) in [4.78, 5) is 12.9. The molecule has 4 heterocycles. The molecule has 2 aliphatic heterocycles. The Morgan fingerprint density at radius 1 is 1.00 bits per heavy atom. The van der Waals surface area contributed by atoms with E-state index < -0.39 is 52.0 Å². The average Bonchev–Trinajstić information content (AvgIpc) is 2.98. The minimum absolute atomic E-state index is 0.0506. The molecule has 1 saturated heterocycles. The number of aromatic nitrogens is 3. The van der Waals surface area contributed by atoms with Gasteiger partial charge in [0.2, 0.25) is 5.88 Å². The monoisotopic (exact) mass is 598 g/mol. The van der Waals surface area contributed by atoms with Crippen LogP contribution in [0.2, 0.25) is 0 Å². The van der Waals surface area contributed by atoms with E-state index in [0.717, 1.165) is 13.0 Å². The molecule has 14 heteroatoms. The van der Waals surface area contributed by atoms with Gasteiger partial charge in [-0.1, -0.05) is 13.8 Å². The molecule has 0 saturated carbocycles. The zero-order valence-electron chi connectivity index (χ0n) is 23.9. The lowest BCUT2D eigenvalue weighted by Crippen LogP contribution is -2.27. The molecule has 4 N–H and O–H groups in total. The van der Waals surface area contributed by atoms with Crippen molar-refractivity contribution >= 4 is 22.4 Å². The largest absolute Gasteiger partial charge is 0.474 e. The molecule has 0 amide bonds. The third kappa shape index (κ3) is 6.59. The maximum absolute atomic E-state index is 16.3. The first-order valence-electron chi connectivity index (χ1n) is 14.0. The molecule has 1 aromatic carbocycles. The van der Waals surface area contributed by atoms with Crippen molar-refractivity contribution in [3.63, 3.8) is 0 Å². The third-order valence-corrected chi connectivity index (χ3v) is 6.87. The standard InChI is InChI=1S/C26H29F5N6O3.C2H6/c1-12-3-6-33-7-8-34-23-17-22(36-25(37-23)40-14-4-9-38-10-5-14)20(28)21(35-24(17)39-12)15-11-16(32)19(27)13(2)18(15)26(29,30)31;1-2/h11-12,14,33H,3-10,32H2,1-2H3,(H,34,36,37);1-2H3. The van der Waals surface area contributed by atoms with Gasteiger partial charge in [0, 0.05) is 31.5 Å². The highest BCUT2D eigenvalue weighted by Gasteiger charge is 2.39. The van der Waals surface area contributed by atoms with Gasteiger partial charge >= 0.3 is 12.2 Å². The first-order valence-corrected chi connectivity index (χ1v) is 14.0. The summed E-state index contributed by atoms with van der Waals surface area (Å²) in [6, 6.07) is 0.568. The van der Waals surface area contributed by atoms with Crippen molar-refractivity contribution in [2.45, 2.75) is 65.3 Å². The lowest BCUT2D eigenvalue weighted by atomic mass is 9.96. The van der Waals surface area contributed by atoms with Crippen LogP contribution in [-0.4, -0.2) is 60.0 Å². The zero-order chi connectivity index (χ0) is 30.6. The molecule has 0 bridgehead atoms. The van der Waals surface area contributed by atoms with Gasteiger partial charge in [0.1, 0.15) is 34.3 Å². The van der Waals surface area contributed by atoms with Crippen molar-refractivity contribution in [2.75, 3.05) is 43.9 Å². The lowest BCUT2D eigenvalue weighted by molar-refractivity contribution is -0.137. The lowest BCUT2D eigenvalue weighted by Gasteiger charge is -2.23. The number of nitrogen functional groups attached to an aromatic ring is 1. The topological polar surface area (TPSA) is 116 Å². The number of rotatable bonds is 3. The van der Waals surface area contributed by atoms with E-state index >= 15 is 4.39 Å². The van der Waals surface area contributed by atoms with E-state index in [0.29, 0.717) is 52.1 Å². The summed E-state index contributed by atoms with van der Waals surface area (Å²) in [5.41, 5.74) is 1.14. The van der Waals surface area contributed by atoms with Gasteiger partial charge < -0.3 is 30.6 Å². The number of halogens is 5. The number of ether oxygens (including phenoxy) is 3. The minimum Gasteiger partial charge on any atom is -0.474 e. The summed E-state index contributed by atoms with van der Waals surface area (Å²) in [6.45, 7) is 9.17. The van der Waals surface area contributed by atoms with Gasteiger partial charge in [0.05, 0.1) is 30.6 Å². The first kappa shape index (κ1) is 31.4. The Bertz CT molecular complexity index is 1420. The Balaban J connectivity index is 0.00000198. The van der Waals surface area contributed by atoms with Crippen molar-refractivity contribution in [2.24, 2.45) is 0 Å². The van der Waals surface area contributed by atoms with Crippen molar-refractivity contribution in [3.05, 3.63) is 28.8 Å². The number of hydrogen-bond acceptors (Lipinski definition) is 9. The van der Waals surface area contributed by atoms with Crippen LogP contribution in [0.15, 0.2) is 6.07 Å². The highest BCUT2D eigenvalue weighted by atomic mass is 19.4. The molecule has 1 fully saturated rings. The van der Waals surface area contributed by atoms with Crippen LogP contribution >= 0.6 is 0 Å². The van der Waals surface area contributed by atoms with Gasteiger partial charge in [-0.2, -0.15) is 23.1 Å². The molecule has 230 valence electrons. The van der Waals surface area contributed by atoms with Gasteiger partial charge in [-0.25, -0.2) is 13.8 Å². The van der Waals surface area contributed by atoms with Crippen molar-refractivity contribution in [1.82, 2.24) is 20.3 Å². The van der Waals surface area contributed by atoms with Crippen LogP contribution in [0.5, 0.6) is 11.9 Å². The minimum atomic E-state index is -5.04. The average molecular weight is 599 g/mol. The number of anilines is 2. The second-order valence-corrected chi connectivity index (χ2v) is 9.81. The Labute approximate surface area is 240 Å². The van der Waals surface area contributed by atoms with E-state index in [2.05, 4.69) is 25.6 Å². The number of alkyl halides is 3. The van der Waals surface area contributed by atoms with Gasteiger partial charge in [-0.3, -0.25) is 0 Å². The highest BCUT2D eigenvalue weighted by molar-refractivity contribution is 5.96. The number of nitrogens with one attached hydrogen (secondary N) is 2. The molecular weight excluding hydrogens is 563 g/mol. The van der Waals surface area contributed by atoms with Crippen LogP contribution in [0, 0.1) is 18.6 Å². The molecule has 3 aromatic rings. The summed E-state index contributed by atoms with van der Waals surface area (Å²) in [6.07, 6.45) is -4.12. The van der Waals surface area contributed by atoms with E-state index in [1.165, 1.54) is 0 Å². The molecule has 0 radical (unpaired) electrons. The predicted octanol–water partition coefficient (Wildman–Crippen LogP) is 5.64. The molecule has 2 aromatic heterocycles. The SMILES string of the molecule is CC.Cc1c(F)c(N)cc(-c2nc3c4c(nc(OC5CCOCC5)nc4c2F)NCCNCCC(C)O3)c1C(F)(F)F. The first-order chi connectivity index (χ1) is 20.0. The summed E-state index contributed by atoms with van der Waals surface area (Å²) in [7, 11) is 0. The fraction of sp³-hybridized carbons (Fsp3) is 0.536. The molecule has 0 spiro atoms. The number of nitrogens with zero attached hydrogens (tertiary/aromatic N) is 3. The normalized spacial score (nSPS) is 18.3. The maximum atomic E-state index is 16.3. The van der Waals surface area contributed by atoms with Crippen molar-refractivity contribution < 1.29 is 36.2 Å². The van der Waals surface area contributed by atoms with Crippen LogP contribution in [0.1, 0.15) is 51.2 Å². The van der Waals surface area contributed by atoms with E-state index in [-0.39, 0.29) is 34.7 Å². The molecule has 2 aliphatic rings. The number of pyridine rings is 1. The van der Waals surface area contributed by atoms with E-state index in [4.69, 9.17) is 19.9 Å². The van der Waals surface area contributed by atoms with Crippen LogP contribution in [0.3, 0.4) is 0 Å². The van der Waals surface area contributed by atoms with Gasteiger partial charge in [0.15, 0.2) is 5.82 Å². The maximum Gasteiger partial charge on any atom is 0.417 e. The fourth-order valence-corrected chi connectivity index (χ4v) is 4.83. The number of nitrogens with two attached hydrogens (primary N) is 1. The summed E-state index contributed by atoms with van der Waals surface area (Å²) in [5, 5.41) is 6.40. The molecule has 0 aliphatic carbocycles. The van der Waals surface area contributed by atoms with Gasteiger partial charge in [-0.05, 0) is 38.4 Å². The molecule has 9 nitrogen and oxygen atoms in total. The molecular formula is C28H35F5N6O3. The third-order valence-electron chi connectivity index (χ3n) is 6.87. The molecule has 1 atom stereocenters. The van der Waals surface area contributed by atoms with E-state index in [9.17, 15) is 17.6 Å². The van der Waals surface area contributed by atoms with Crippen LogP contribution < -0.4 is 25.8 Å². The second-order valence-electron chi connectivity index (χ2n) is 9.81. The molecule has 42 heavy (non-hydrogen) atoms. The van der Waals surface area contributed by atoms with E-state index in [1.54, 1.807) is 6.92 Å². The summed E-state index contributed by atoms with van der Waals surface area (Å²) in [5.74, 6) is -2.44. The number of benzene rings is 1. The fourth-order valence-electron chi connectivity index (χ4n) is 4.83. The Morgan fingerprint density at radius 3 is 2.40 bits per heavy atom. The number of hydrogen-bond donors (Lipinski definition) is 3.